The van der Waals surface area contributed by atoms with Crippen molar-refractivity contribution in [2.75, 3.05) is 19.3 Å². The molecule has 0 aromatic heterocycles. The molecule has 0 bridgehead atoms. The van der Waals surface area contributed by atoms with E-state index in [0.717, 1.165) is 13.1 Å². The molecule has 0 aromatic rings. The quantitative estimate of drug-likeness (QED) is 0.650. The molecule has 1 rings (SSSR count). The van der Waals surface area contributed by atoms with Crippen molar-refractivity contribution in [3.05, 3.63) is 0 Å². The monoisotopic (exact) mass is 175 g/mol. The Morgan fingerprint density at radius 1 is 1.64 bits per heavy atom. The number of nitrogens with one attached hydrogen (secondary N) is 1. The van der Waals surface area contributed by atoms with Crippen molar-refractivity contribution in [2.24, 2.45) is 0 Å². The smallest absolute Gasteiger partial charge is 0.0636 e. The van der Waals surface area contributed by atoms with Crippen LogP contribution in [0.5, 0.6) is 0 Å². The van der Waals surface area contributed by atoms with Crippen molar-refractivity contribution in [2.45, 2.75) is 30.6 Å². The molecule has 1 aliphatic carbocycles. The fourth-order valence-electron chi connectivity index (χ4n) is 1.10. The van der Waals surface area contributed by atoms with Crippen LogP contribution < -0.4 is 5.32 Å². The van der Waals surface area contributed by atoms with Gasteiger partial charge in [-0.05, 0) is 26.0 Å². The normalized spacial score (nSPS) is 23.2. The lowest BCUT2D eigenvalue weighted by Gasteiger charge is -2.13. The third-order valence-corrected chi connectivity index (χ3v) is 3.55. The van der Waals surface area contributed by atoms with Crippen molar-refractivity contribution in [3.63, 3.8) is 0 Å². The second-order valence-electron chi connectivity index (χ2n) is 3.37. The second kappa shape index (κ2) is 3.78. The minimum absolute atomic E-state index is 0.215. The van der Waals surface area contributed by atoms with Gasteiger partial charge in [0.1, 0.15) is 0 Å². The molecular weight excluding hydrogens is 158 g/mol. The average molecular weight is 175 g/mol. The summed E-state index contributed by atoms with van der Waals surface area (Å²) in [5.74, 6) is 0. The highest BCUT2D eigenvalue weighted by molar-refractivity contribution is 8.00. The first kappa shape index (κ1) is 9.36. The van der Waals surface area contributed by atoms with E-state index in [2.05, 4.69) is 11.6 Å². The summed E-state index contributed by atoms with van der Waals surface area (Å²) in [6.45, 7) is 3.59. The summed E-state index contributed by atoms with van der Waals surface area (Å²) in [7, 11) is 0. The van der Waals surface area contributed by atoms with Gasteiger partial charge in [-0.15, -0.1) is 0 Å². The fourth-order valence-corrected chi connectivity index (χ4v) is 1.86. The standard InChI is InChI=1S/C8H17NOS/c1-7(10)5-9-6-8(11-2)3-4-8/h7,9-10H,3-6H2,1-2H3. The summed E-state index contributed by atoms with van der Waals surface area (Å²) in [6, 6.07) is 0. The number of rotatable bonds is 5. The Bertz CT molecular complexity index is 123. The SMILES string of the molecule is CSC1(CNCC(C)O)CC1. The summed E-state index contributed by atoms with van der Waals surface area (Å²) >= 11 is 1.95. The summed E-state index contributed by atoms with van der Waals surface area (Å²) in [4.78, 5) is 0. The van der Waals surface area contributed by atoms with Crippen LogP contribution in [-0.4, -0.2) is 35.3 Å². The van der Waals surface area contributed by atoms with Gasteiger partial charge < -0.3 is 10.4 Å². The molecule has 0 radical (unpaired) electrons. The van der Waals surface area contributed by atoms with Crippen LogP contribution in [0.3, 0.4) is 0 Å². The van der Waals surface area contributed by atoms with Crippen molar-refractivity contribution >= 4 is 11.8 Å². The molecule has 0 spiro atoms. The van der Waals surface area contributed by atoms with E-state index in [-0.39, 0.29) is 6.10 Å². The predicted molar refractivity (Wildman–Crippen MR) is 50.0 cm³/mol. The fraction of sp³-hybridized carbons (Fsp3) is 1.00. The second-order valence-corrected chi connectivity index (χ2v) is 4.64. The van der Waals surface area contributed by atoms with Gasteiger partial charge in [-0.2, -0.15) is 11.8 Å². The van der Waals surface area contributed by atoms with Crippen LogP contribution >= 0.6 is 11.8 Å². The molecule has 0 amide bonds. The first-order chi connectivity index (χ1) is 5.18. The summed E-state index contributed by atoms with van der Waals surface area (Å²) in [6.07, 6.45) is 4.62. The molecule has 0 aliphatic heterocycles. The summed E-state index contributed by atoms with van der Waals surface area (Å²) in [5, 5.41) is 12.2. The van der Waals surface area contributed by atoms with E-state index in [9.17, 15) is 0 Å². The van der Waals surface area contributed by atoms with E-state index in [0.29, 0.717) is 4.75 Å². The zero-order chi connectivity index (χ0) is 8.32. The van der Waals surface area contributed by atoms with Crippen molar-refractivity contribution in [1.82, 2.24) is 5.32 Å². The van der Waals surface area contributed by atoms with Crippen LogP contribution in [0, 0.1) is 0 Å². The lowest BCUT2D eigenvalue weighted by atomic mass is 10.3. The Morgan fingerprint density at radius 3 is 2.64 bits per heavy atom. The van der Waals surface area contributed by atoms with E-state index in [1.165, 1.54) is 12.8 Å². The first-order valence-electron chi connectivity index (χ1n) is 4.12. The van der Waals surface area contributed by atoms with Gasteiger partial charge >= 0.3 is 0 Å². The van der Waals surface area contributed by atoms with Crippen molar-refractivity contribution in [3.8, 4) is 0 Å². The van der Waals surface area contributed by atoms with Gasteiger partial charge in [0, 0.05) is 17.8 Å². The lowest BCUT2D eigenvalue weighted by molar-refractivity contribution is 0.191. The Hall–Kier alpha value is 0.270. The summed E-state index contributed by atoms with van der Waals surface area (Å²) in [5.41, 5.74) is 0. The highest BCUT2D eigenvalue weighted by Gasteiger charge is 2.41. The minimum atomic E-state index is -0.215. The molecule has 66 valence electrons. The molecule has 1 fully saturated rings. The van der Waals surface area contributed by atoms with Gasteiger partial charge in [0.05, 0.1) is 6.10 Å². The van der Waals surface area contributed by atoms with E-state index >= 15 is 0 Å². The molecule has 0 saturated heterocycles. The number of hydrogen-bond donors (Lipinski definition) is 2. The van der Waals surface area contributed by atoms with Gasteiger partial charge in [0.15, 0.2) is 0 Å². The zero-order valence-electron chi connectivity index (χ0n) is 7.26. The largest absolute Gasteiger partial charge is 0.392 e. The Labute approximate surface area is 72.8 Å². The van der Waals surface area contributed by atoms with Gasteiger partial charge in [-0.25, -0.2) is 0 Å². The molecule has 1 atom stereocenters. The third-order valence-electron chi connectivity index (χ3n) is 2.13. The molecule has 1 unspecified atom stereocenters. The van der Waals surface area contributed by atoms with Crippen molar-refractivity contribution in [1.29, 1.82) is 0 Å². The molecular formula is C8H17NOS. The van der Waals surface area contributed by atoms with Crippen LogP contribution in [0.4, 0.5) is 0 Å². The molecule has 1 saturated carbocycles. The van der Waals surface area contributed by atoms with Crippen LogP contribution in [0.2, 0.25) is 0 Å². The van der Waals surface area contributed by atoms with Crippen LogP contribution in [0.1, 0.15) is 19.8 Å². The number of thioether (sulfide) groups is 1. The first-order valence-corrected chi connectivity index (χ1v) is 5.35. The van der Waals surface area contributed by atoms with Crippen molar-refractivity contribution < 1.29 is 5.11 Å². The number of aliphatic hydroxyl groups is 1. The van der Waals surface area contributed by atoms with Gasteiger partial charge in [-0.3, -0.25) is 0 Å². The van der Waals surface area contributed by atoms with Gasteiger partial charge in [0.25, 0.3) is 0 Å². The maximum absolute atomic E-state index is 8.97. The van der Waals surface area contributed by atoms with Crippen LogP contribution in [0.15, 0.2) is 0 Å². The molecule has 2 nitrogen and oxygen atoms in total. The summed E-state index contributed by atoms with van der Waals surface area (Å²) < 4.78 is 0.523. The molecule has 0 heterocycles. The average Bonchev–Trinajstić information content (AvgIpc) is 2.69. The predicted octanol–water partition coefficient (Wildman–Crippen LogP) is 0.852. The van der Waals surface area contributed by atoms with E-state index in [1.54, 1.807) is 0 Å². The topological polar surface area (TPSA) is 32.3 Å². The lowest BCUT2D eigenvalue weighted by Crippen LogP contribution is -2.31. The van der Waals surface area contributed by atoms with E-state index in [1.807, 2.05) is 18.7 Å². The molecule has 2 N–H and O–H groups in total. The maximum Gasteiger partial charge on any atom is 0.0636 e. The number of hydrogen-bond acceptors (Lipinski definition) is 3. The van der Waals surface area contributed by atoms with Crippen LogP contribution in [0.25, 0.3) is 0 Å². The molecule has 11 heavy (non-hydrogen) atoms. The van der Waals surface area contributed by atoms with E-state index < -0.39 is 0 Å². The van der Waals surface area contributed by atoms with Gasteiger partial charge in [0.2, 0.25) is 0 Å². The molecule has 3 heteroatoms. The van der Waals surface area contributed by atoms with E-state index in [4.69, 9.17) is 5.11 Å². The Morgan fingerprint density at radius 2 is 2.27 bits per heavy atom. The van der Waals surface area contributed by atoms with Crippen LogP contribution in [-0.2, 0) is 0 Å². The molecule has 0 aromatic carbocycles. The highest BCUT2D eigenvalue weighted by atomic mass is 32.2. The minimum Gasteiger partial charge on any atom is -0.392 e. The van der Waals surface area contributed by atoms with Gasteiger partial charge in [-0.1, -0.05) is 0 Å². The number of aliphatic hydroxyl groups excluding tert-OH is 1. The highest BCUT2D eigenvalue weighted by Crippen LogP contribution is 2.46. The maximum atomic E-state index is 8.97. The zero-order valence-corrected chi connectivity index (χ0v) is 8.08. The molecule has 1 aliphatic rings. The Balaban J connectivity index is 2.03. The Kier molecular flexibility index (Phi) is 3.22. The third kappa shape index (κ3) is 3.01.